The average Bonchev–Trinajstić information content (AvgIpc) is 3.19. The lowest BCUT2D eigenvalue weighted by atomic mass is 10.2. The highest BCUT2D eigenvalue weighted by atomic mass is 35.5. The third-order valence-electron chi connectivity index (χ3n) is 3.48. The van der Waals surface area contributed by atoms with E-state index < -0.39 is 5.91 Å². The first-order valence-corrected chi connectivity index (χ1v) is 8.46. The molecule has 0 atom stereocenters. The van der Waals surface area contributed by atoms with Crippen molar-refractivity contribution < 1.29 is 9.59 Å². The fourth-order valence-electron chi connectivity index (χ4n) is 2.19. The molecule has 0 fully saturated rings. The normalized spacial score (nSPS) is 11.7. The van der Waals surface area contributed by atoms with Crippen LogP contribution in [-0.2, 0) is 6.54 Å². The van der Waals surface area contributed by atoms with Crippen LogP contribution >= 0.6 is 22.9 Å². The van der Waals surface area contributed by atoms with E-state index in [0.29, 0.717) is 21.9 Å². The summed E-state index contributed by atoms with van der Waals surface area (Å²) in [6.45, 7) is 1.98. The molecular weight excluding hydrogens is 346 g/mol. The summed E-state index contributed by atoms with van der Waals surface area (Å²) in [6.07, 6.45) is 3.37. The van der Waals surface area contributed by atoms with Crippen molar-refractivity contribution in [1.82, 2.24) is 9.55 Å². The minimum Gasteiger partial charge on any atom is -0.356 e. The molecule has 2 heterocycles. The molecule has 0 unspecified atom stereocenters. The van der Waals surface area contributed by atoms with Gasteiger partial charge in [-0.25, -0.2) is 0 Å². The monoisotopic (exact) mass is 359 g/mol. The number of benzene rings is 1. The summed E-state index contributed by atoms with van der Waals surface area (Å²) in [5.41, 5.74) is 1.70. The van der Waals surface area contributed by atoms with Crippen LogP contribution in [0.5, 0.6) is 0 Å². The van der Waals surface area contributed by atoms with Gasteiger partial charge in [0.05, 0.1) is 6.54 Å². The van der Waals surface area contributed by atoms with Gasteiger partial charge in [-0.15, -0.1) is 11.3 Å². The lowest BCUT2D eigenvalue weighted by molar-refractivity contribution is 0.0992. The van der Waals surface area contributed by atoms with Crippen LogP contribution in [0.2, 0.25) is 5.02 Å². The molecule has 0 aliphatic carbocycles. The third-order valence-corrected chi connectivity index (χ3v) is 4.64. The number of halogens is 1. The van der Waals surface area contributed by atoms with Crippen LogP contribution < -0.4 is 4.80 Å². The summed E-state index contributed by atoms with van der Waals surface area (Å²) >= 11 is 7.55. The molecular formula is C17H14ClN3O2S. The van der Waals surface area contributed by atoms with Crippen LogP contribution in [0.1, 0.15) is 33.3 Å². The zero-order valence-electron chi connectivity index (χ0n) is 12.8. The van der Waals surface area contributed by atoms with E-state index in [4.69, 9.17) is 11.6 Å². The Morgan fingerprint density at radius 3 is 2.83 bits per heavy atom. The highest BCUT2D eigenvalue weighted by molar-refractivity contribution is 7.07. The number of rotatable bonds is 4. The quantitative estimate of drug-likeness (QED) is 0.724. The molecule has 1 N–H and O–H groups in total. The van der Waals surface area contributed by atoms with E-state index in [1.54, 1.807) is 0 Å². The molecule has 0 aliphatic heterocycles. The van der Waals surface area contributed by atoms with Crippen LogP contribution in [0, 0.1) is 0 Å². The number of H-pyrrole nitrogens is 1. The first-order valence-electron chi connectivity index (χ1n) is 7.20. The minimum atomic E-state index is -0.419. The number of nitrogens with zero attached hydrogens (tertiary/aromatic N) is 2. The van der Waals surface area contributed by atoms with E-state index in [-0.39, 0.29) is 11.5 Å². The number of amides is 1. The SMILES string of the molecule is CC(=O)c1c[nH]c(C(=O)N=c2sccn2Cc2ccccc2Cl)c1. The Labute approximate surface area is 147 Å². The second-order valence-electron chi connectivity index (χ2n) is 5.18. The van der Waals surface area contributed by atoms with Crippen molar-refractivity contribution in [3.63, 3.8) is 0 Å². The molecule has 3 aromatic rings. The first kappa shape index (κ1) is 16.4. The number of aromatic nitrogens is 2. The Morgan fingerprint density at radius 2 is 2.12 bits per heavy atom. The second kappa shape index (κ2) is 6.98. The number of carbonyl (C=O) groups is 2. The summed E-state index contributed by atoms with van der Waals surface area (Å²) in [6, 6.07) is 9.06. The lowest BCUT2D eigenvalue weighted by Crippen LogP contribution is -2.17. The molecule has 0 radical (unpaired) electrons. The van der Waals surface area contributed by atoms with Gasteiger partial charge in [0.2, 0.25) is 0 Å². The summed E-state index contributed by atoms with van der Waals surface area (Å²) < 4.78 is 1.86. The molecule has 1 aromatic carbocycles. The smallest absolute Gasteiger partial charge is 0.296 e. The van der Waals surface area contributed by atoms with Gasteiger partial charge in [0.15, 0.2) is 10.6 Å². The maximum atomic E-state index is 12.3. The molecule has 5 nitrogen and oxygen atoms in total. The van der Waals surface area contributed by atoms with E-state index in [0.717, 1.165) is 5.56 Å². The van der Waals surface area contributed by atoms with Crippen LogP contribution in [-0.4, -0.2) is 21.2 Å². The zero-order valence-corrected chi connectivity index (χ0v) is 14.4. The topological polar surface area (TPSA) is 67.2 Å². The molecule has 7 heteroatoms. The molecule has 0 aliphatic rings. The number of ketones is 1. The number of thiazole rings is 1. The predicted molar refractivity (Wildman–Crippen MR) is 93.6 cm³/mol. The van der Waals surface area contributed by atoms with Crippen molar-refractivity contribution in [3.05, 3.63) is 74.8 Å². The lowest BCUT2D eigenvalue weighted by Gasteiger charge is -2.05. The van der Waals surface area contributed by atoms with Crippen LogP contribution in [0.4, 0.5) is 0 Å². The standard InChI is InChI=1S/C17H14ClN3O2S/c1-11(22)13-8-15(19-9-13)16(23)20-17-21(6-7-24-17)10-12-4-2-3-5-14(12)18/h2-9,19H,10H2,1H3. The Hall–Kier alpha value is -2.44. The second-order valence-corrected chi connectivity index (χ2v) is 6.46. The van der Waals surface area contributed by atoms with Crippen molar-refractivity contribution in [2.24, 2.45) is 4.99 Å². The zero-order chi connectivity index (χ0) is 17.1. The van der Waals surface area contributed by atoms with E-state index >= 15 is 0 Å². The average molecular weight is 360 g/mol. The molecule has 1 amide bonds. The molecule has 0 bridgehead atoms. The predicted octanol–water partition coefficient (Wildman–Crippen LogP) is 3.52. The van der Waals surface area contributed by atoms with E-state index in [1.807, 2.05) is 40.4 Å². The largest absolute Gasteiger partial charge is 0.356 e. The van der Waals surface area contributed by atoms with Gasteiger partial charge < -0.3 is 9.55 Å². The number of Topliss-reactive ketones (excluding diaryl/α,β-unsaturated/α-hetero) is 1. The number of nitrogens with one attached hydrogen (secondary N) is 1. The highest BCUT2D eigenvalue weighted by Crippen LogP contribution is 2.15. The van der Waals surface area contributed by atoms with Gasteiger partial charge >= 0.3 is 0 Å². The van der Waals surface area contributed by atoms with Crippen molar-refractivity contribution in [2.75, 3.05) is 0 Å². The fraction of sp³-hybridized carbons (Fsp3) is 0.118. The van der Waals surface area contributed by atoms with Crippen molar-refractivity contribution in [2.45, 2.75) is 13.5 Å². The molecule has 0 saturated carbocycles. The summed E-state index contributed by atoms with van der Waals surface area (Å²) in [5, 5.41) is 2.53. The van der Waals surface area contributed by atoms with Gasteiger partial charge in [-0.2, -0.15) is 4.99 Å². The highest BCUT2D eigenvalue weighted by Gasteiger charge is 2.10. The van der Waals surface area contributed by atoms with Gasteiger partial charge in [0.25, 0.3) is 5.91 Å². The third kappa shape index (κ3) is 3.55. The Balaban J connectivity index is 1.88. The molecule has 122 valence electrons. The maximum absolute atomic E-state index is 12.3. The summed E-state index contributed by atoms with van der Waals surface area (Å²) in [7, 11) is 0. The van der Waals surface area contributed by atoms with Gasteiger partial charge in [-0.05, 0) is 24.6 Å². The fourth-order valence-corrected chi connectivity index (χ4v) is 3.11. The van der Waals surface area contributed by atoms with E-state index in [2.05, 4.69) is 9.98 Å². The molecule has 3 rings (SSSR count). The number of hydrogen-bond acceptors (Lipinski definition) is 3. The number of hydrogen-bond donors (Lipinski definition) is 1. The van der Waals surface area contributed by atoms with Gasteiger partial charge in [0, 0.05) is 28.4 Å². The Morgan fingerprint density at radius 1 is 1.33 bits per heavy atom. The number of carbonyl (C=O) groups excluding carboxylic acids is 2. The van der Waals surface area contributed by atoms with Crippen molar-refractivity contribution in [3.8, 4) is 0 Å². The van der Waals surface area contributed by atoms with Crippen LogP contribution in [0.15, 0.2) is 53.1 Å². The molecule has 24 heavy (non-hydrogen) atoms. The van der Waals surface area contributed by atoms with Gasteiger partial charge in [-0.3, -0.25) is 9.59 Å². The van der Waals surface area contributed by atoms with Crippen LogP contribution in [0.3, 0.4) is 0 Å². The molecule has 0 spiro atoms. The Bertz CT molecular complexity index is 968. The summed E-state index contributed by atoms with van der Waals surface area (Å²) in [5.74, 6) is -0.520. The summed E-state index contributed by atoms with van der Waals surface area (Å²) in [4.78, 5) is 31.1. The maximum Gasteiger partial charge on any atom is 0.296 e. The number of aromatic amines is 1. The van der Waals surface area contributed by atoms with Gasteiger partial charge in [-0.1, -0.05) is 29.8 Å². The molecule has 2 aromatic heterocycles. The minimum absolute atomic E-state index is 0.102. The van der Waals surface area contributed by atoms with E-state index in [1.165, 1.54) is 30.5 Å². The van der Waals surface area contributed by atoms with Crippen molar-refractivity contribution in [1.29, 1.82) is 0 Å². The first-order chi connectivity index (χ1) is 11.5. The van der Waals surface area contributed by atoms with E-state index in [9.17, 15) is 9.59 Å². The molecule has 0 saturated heterocycles. The Kier molecular flexibility index (Phi) is 4.78. The van der Waals surface area contributed by atoms with Crippen molar-refractivity contribution >= 4 is 34.6 Å². The van der Waals surface area contributed by atoms with Crippen LogP contribution in [0.25, 0.3) is 0 Å². The van der Waals surface area contributed by atoms with Gasteiger partial charge in [0.1, 0.15) is 5.69 Å².